The van der Waals surface area contributed by atoms with Gasteiger partial charge in [0.2, 0.25) is 0 Å². The summed E-state index contributed by atoms with van der Waals surface area (Å²) in [7, 11) is 0. The molecule has 0 unspecified atom stereocenters. The van der Waals surface area contributed by atoms with Crippen LogP contribution in [0, 0.1) is 0 Å². The first kappa shape index (κ1) is 20.1. The smallest absolute Gasteiger partial charge is 0.261 e. The van der Waals surface area contributed by atoms with Gasteiger partial charge >= 0.3 is 0 Å². The molecule has 1 saturated heterocycles. The molecule has 1 amide bonds. The number of benzene rings is 2. The molecular formula is C21H24N2O4S. The molecule has 148 valence electrons. The molecule has 0 aromatic heterocycles. The Bertz CT molecular complexity index is 779. The number of carbonyl (C=O) groups is 1. The van der Waals surface area contributed by atoms with E-state index in [1.54, 1.807) is 18.2 Å². The van der Waals surface area contributed by atoms with Gasteiger partial charge in [0.15, 0.2) is 5.11 Å². The number of ether oxygens (including phenoxy) is 3. The first-order valence-electron chi connectivity index (χ1n) is 9.33. The normalized spacial score (nSPS) is 15.6. The molecule has 0 radical (unpaired) electrons. The molecule has 1 atom stereocenters. The number of thiocarbonyl (C=S) groups is 1. The van der Waals surface area contributed by atoms with Gasteiger partial charge in [0.05, 0.1) is 11.7 Å². The van der Waals surface area contributed by atoms with Crippen molar-refractivity contribution in [3.63, 3.8) is 0 Å². The zero-order chi connectivity index (χ0) is 19.6. The van der Waals surface area contributed by atoms with Crippen molar-refractivity contribution in [1.82, 2.24) is 10.6 Å². The van der Waals surface area contributed by atoms with Crippen molar-refractivity contribution in [3.8, 4) is 11.5 Å². The van der Waals surface area contributed by atoms with E-state index in [2.05, 4.69) is 10.6 Å². The van der Waals surface area contributed by atoms with E-state index >= 15 is 0 Å². The predicted octanol–water partition coefficient (Wildman–Crippen LogP) is 2.93. The Morgan fingerprint density at radius 3 is 2.61 bits per heavy atom. The molecule has 7 heteroatoms. The summed E-state index contributed by atoms with van der Waals surface area (Å²) in [5.41, 5.74) is 0.420. The maximum atomic E-state index is 12.5. The van der Waals surface area contributed by atoms with Crippen molar-refractivity contribution in [2.75, 3.05) is 26.4 Å². The van der Waals surface area contributed by atoms with Crippen LogP contribution in [-0.4, -0.2) is 43.5 Å². The first-order valence-corrected chi connectivity index (χ1v) is 9.73. The summed E-state index contributed by atoms with van der Waals surface area (Å²) < 4.78 is 16.9. The van der Waals surface area contributed by atoms with Crippen molar-refractivity contribution >= 4 is 23.2 Å². The fraction of sp³-hybridized carbons (Fsp3) is 0.333. The molecule has 2 N–H and O–H groups in total. The van der Waals surface area contributed by atoms with Crippen LogP contribution in [-0.2, 0) is 4.74 Å². The minimum absolute atomic E-state index is 0.148. The fourth-order valence-electron chi connectivity index (χ4n) is 2.83. The van der Waals surface area contributed by atoms with Crippen molar-refractivity contribution in [2.24, 2.45) is 0 Å². The van der Waals surface area contributed by atoms with E-state index in [9.17, 15) is 4.79 Å². The molecule has 1 aliphatic heterocycles. The molecule has 28 heavy (non-hydrogen) atoms. The average Bonchev–Trinajstić information content (AvgIpc) is 3.24. The van der Waals surface area contributed by atoms with E-state index in [4.69, 9.17) is 26.4 Å². The van der Waals surface area contributed by atoms with Gasteiger partial charge in [0, 0.05) is 13.2 Å². The maximum Gasteiger partial charge on any atom is 0.261 e. The lowest BCUT2D eigenvalue weighted by Crippen LogP contribution is -2.42. The van der Waals surface area contributed by atoms with Gasteiger partial charge in [-0.25, -0.2) is 0 Å². The molecule has 2 aromatic rings. The third-order valence-electron chi connectivity index (χ3n) is 4.23. The predicted molar refractivity (Wildman–Crippen MR) is 111 cm³/mol. The van der Waals surface area contributed by atoms with Crippen LogP contribution >= 0.6 is 12.2 Å². The third-order valence-corrected chi connectivity index (χ3v) is 4.47. The van der Waals surface area contributed by atoms with E-state index in [0.717, 1.165) is 25.2 Å². The van der Waals surface area contributed by atoms with Gasteiger partial charge in [-0.3, -0.25) is 10.1 Å². The van der Waals surface area contributed by atoms with E-state index in [1.165, 1.54) is 0 Å². The number of rotatable bonds is 8. The fourth-order valence-corrected chi connectivity index (χ4v) is 3.01. The summed E-state index contributed by atoms with van der Waals surface area (Å²) in [4.78, 5) is 12.5. The summed E-state index contributed by atoms with van der Waals surface area (Å²) in [5.74, 6) is 0.947. The highest BCUT2D eigenvalue weighted by Gasteiger charge is 2.17. The molecule has 6 nitrogen and oxygen atoms in total. The van der Waals surface area contributed by atoms with Gasteiger partial charge in [-0.05, 0) is 49.3 Å². The molecule has 1 fully saturated rings. The van der Waals surface area contributed by atoms with Crippen LogP contribution in [0.3, 0.4) is 0 Å². The second-order valence-corrected chi connectivity index (χ2v) is 6.71. The highest BCUT2D eigenvalue weighted by Crippen LogP contribution is 2.18. The van der Waals surface area contributed by atoms with Crippen LogP contribution in [0.1, 0.15) is 23.2 Å². The Kier molecular flexibility index (Phi) is 7.63. The summed E-state index contributed by atoms with van der Waals surface area (Å²) in [6, 6.07) is 16.6. The highest BCUT2D eigenvalue weighted by molar-refractivity contribution is 7.80. The van der Waals surface area contributed by atoms with Crippen LogP contribution < -0.4 is 20.1 Å². The number of amides is 1. The largest absolute Gasteiger partial charge is 0.490 e. The molecule has 0 spiro atoms. The summed E-state index contributed by atoms with van der Waals surface area (Å²) >= 11 is 5.21. The van der Waals surface area contributed by atoms with Crippen LogP contribution in [0.25, 0.3) is 0 Å². The molecular weight excluding hydrogens is 376 g/mol. The van der Waals surface area contributed by atoms with Crippen LogP contribution in [0.2, 0.25) is 0 Å². The molecule has 3 rings (SSSR count). The first-order chi connectivity index (χ1) is 13.7. The standard InChI is InChI=1S/C21H24N2O4S/c24-20(23-21(28)22-15-17-9-6-12-25-17)18-10-4-5-11-19(18)27-14-13-26-16-7-2-1-3-8-16/h1-5,7-8,10-11,17H,6,9,12-15H2,(H2,22,23,24,28)/t17-/m0/s1. The van der Waals surface area contributed by atoms with Gasteiger partial charge in [0.25, 0.3) is 5.91 Å². The van der Waals surface area contributed by atoms with Crippen LogP contribution in [0.4, 0.5) is 0 Å². The SMILES string of the molecule is O=C(NC(=S)NC[C@@H]1CCCO1)c1ccccc1OCCOc1ccccc1. The quantitative estimate of drug-likeness (QED) is 0.525. The van der Waals surface area contributed by atoms with Gasteiger partial charge in [-0.15, -0.1) is 0 Å². The Morgan fingerprint density at radius 2 is 1.82 bits per heavy atom. The Balaban J connectivity index is 1.46. The number of carbonyl (C=O) groups excluding carboxylic acids is 1. The Morgan fingerprint density at radius 1 is 1.07 bits per heavy atom. The van der Waals surface area contributed by atoms with Gasteiger partial charge in [0.1, 0.15) is 24.7 Å². The number of nitrogens with one attached hydrogen (secondary N) is 2. The maximum absolute atomic E-state index is 12.5. The van der Waals surface area contributed by atoms with Crippen molar-refractivity contribution in [3.05, 3.63) is 60.2 Å². The molecule has 2 aromatic carbocycles. The topological polar surface area (TPSA) is 68.8 Å². The minimum Gasteiger partial charge on any atom is -0.490 e. The third kappa shape index (κ3) is 6.21. The Hall–Kier alpha value is -2.64. The minimum atomic E-state index is -0.315. The molecule has 0 saturated carbocycles. The van der Waals surface area contributed by atoms with Crippen LogP contribution in [0.5, 0.6) is 11.5 Å². The number of para-hydroxylation sites is 2. The zero-order valence-corrected chi connectivity index (χ0v) is 16.4. The lowest BCUT2D eigenvalue weighted by molar-refractivity contribution is 0.0968. The molecule has 1 aliphatic rings. The summed E-state index contributed by atoms with van der Waals surface area (Å²) in [6.45, 7) is 2.07. The van der Waals surface area contributed by atoms with E-state index in [1.807, 2.05) is 36.4 Å². The molecule has 0 aliphatic carbocycles. The van der Waals surface area contributed by atoms with Crippen molar-refractivity contribution in [2.45, 2.75) is 18.9 Å². The van der Waals surface area contributed by atoms with Crippen LogP contribution in [0.15, 0.2) is 54.6 Å². The molecule has 0 bridgehead atoms. The Labute approximate surface area is 170 Å². The van der Waals surface area contributed by atoms with Crippen molar-refractivity contribution in [1.29, 1.82) is 0 Å². The molecule has 1 heterocycles. The number of hydrogen-bond donors (Lipinski definition) is 2. The monoisotopic (exact) mass is 400 g/mol. The van der Waals surface area contributed by atoms with Gasteiger partial charge < -0.3 is 19.5 Å². The second-order valence-electron chi connectivity index (χ2n) is 6.31. The second kappa shape index (κ2) is 10.6. The summed E-state index contributed by atoms with van der Waals surface area (Å²) in [5, 5.41) is 6.00. The lowest BCUT2D eigenvalue weighted by Gasteiger charge is -2.15. The summed E-state index contributed by atoms with van der Waals surface area (Å²) in [6.07, 6.45) is 2.21. The lowest BCUT2D eigenvalue weighted by atomic mass is 10.2. The van der Waals surface area contributed by atoms with E-state index < -0.39 is 0 Å². The average molecular weight is 401 g/mol. The van der Waals surface area contributed by atoms with Gasteiger partial charge in [-0.2, -0.15) is 0 Å². The zero-order valence-electron chi connectivity index (χ0n) is 15.6. The van der Waals surface area contributed by atoms with Crippen molar-refractivity contribution < 1.29 is 19.0 Å². The van der Waals surface area contributed by atoms with Gasteiger partial charge in [-0.1, -0.05) is 30.3 Å². The number of hydrogen-bond acceptors (Lipinski definition) is 5. The highest BCUT2D eigenvalue weighted by atomic mass is 32.1. The van der Waals surface area contributed by atoms with E-state index in [0.29, 0.717) is 31.1 Å². The van der Waals surface area contributed by atoms with E-state index in [-0.39, 0.29) is 17.1 Å².